The predicted molar refractivity (Wildman–Crippen MR) is 94.8 cm³/mol. The van der Waals surface area contributed by atoms with Crippen LogP contribution in [0.1, 0.15) is 11.1 Å². The van der Waals surface area contributed by atoms with Gasteiger partial charge in [0.25, 0.3) is 5.69 Å². The third-order valence-corrected chi connectivity index (χ3v) is 3.34. The Kier molecular flexibility index (Phi) is 6.08. The van der Waals surface area contributed by atoms with E-state index >= 15 is 0 Å². The van der Waals surface area contributed by atoms with Crippen LogP contribution in [0.4, 0.5) is 11.4 Å². The molecule has 0 aromatic heterocycles. The molecule has 2 aromatic rings. The number of amides is 1. The molecule has 124 valence electrons. The molecule has 0 atom stereocenters. The van der Waals surface area contributed by atoms with Crippen LogP contribution in [0.5, 0.6) is 0 Å². The average Bonchev–Trinajstić information content (AvgIpc) is 2.58. The van der Waals surface area contributed by atoms with E-state index < -0.39 is 4.92 Å². The van der Waals surface area contributed by atoms with Crippen LogP contribution >= 0.6 is 0 Å². The maximum atomic E-state index is 11.7. The van der Waals surface area contributed by atoms with E-state index in [1.807, 2.05) is 31.2 Å². The normalized spacial score (nSPS) is 10.5. The number of nitrogens with one attached hydrogen (secondary N) is 2. The summed E-state index contributed by atoms with van der Waals surface area (Å²) in [7, 11) is 0. The first-order valence-corrected chi connectivity index (χ1v) is 7.55. The van der Waals surface area contributed by atoms with E-state index in [4.69, 9.17) is 0 Å². The minimum atomic E-state index is -0.440. The lowest BCUT2D eigenvalue weighted by atomic mass is 10.1. The Morgan fingerprint density at radius 2 is 1.75 bits per heavy atom. The quantitative estimate of drug-likeness (QED) is 0.354. The van der Waals surface area contributed by atoms with E-state index in [0.717, 1.165) is 11.3 Å². The molecule has 0 fully saturated rings. The van der Waals surface area contributed by atoms with E-state index in [-0.39, 0.29) is 11.6 Å². The summed E-state index contributed by atoms with van der Waals surface area (Å²) in [5.41, 5.74) is 2.97. The third kappa shape index (κ3) is 5.57. The van der Waals surface area contributed by atoms with Crippen molar-refractivity contribution in [3.8, 4) is 0 Å². The van der Waals surface area contributed by atoms with Crippen molar-refractivity contribution in [2.75, 3.05) is 18.4 Å². The lowest BCUT2D eigenvalue weighted by Crippen LogP contribution is -2.27. The molecule has 0 bridgehead atoms. The number of carbonyl (C=O) groups excluding carboxylic acids is 1. The van der Waals surface area contributed by atoms with Crippen molar-refractivity contribution < 1.29 is 9.72 Å². The zero-order valence-electron chi connectivity index (χ0n) is 13.4. The van der Waals surface area contributed by atoms with E-state index in [9.17, 15) is 14.9 Å². The molecule has 24 heavy (non-hydrogen) atoms. The minimum Gasteiger partial charge on any atom is -0.383 e. The molecule has 6 nitrogen and oxygen atoms in total. The van der Waals surface area contributed by atoms with Gasteiger partial charge < -0.3 is 10.6 Å². The van der Waals surface area contributed by atoms with E-state index in [0.29, 0.717) is 13.1 Å². The summed E-state index contributed by atoms with van der Waals surface area (Å²) in [6.07, 6.45) is 3.26. The summed E-state index contributed by atoms with van der Waals surface area (Å²) in [4.78, 5) is 21.8. The second-order valence-corrected chi connectivity index (χ2v) is 5.27. The number of hydrogen-bond donors (Lipinski definition) is 2. The van der Waals surface area contributed by atoms with Crippen molar-refractivity contribution in [1.29, 1.82) is 0 Å². The van der Waals surface area contributed by atoms with Gasteiger partial charge in [0.2, 0.25) is 5.91 Å². The first-order valence-electron chi connectivity index (χ1n) is 7.55. The van der Waals surface area contributed by atoms with Crippen LogP contribution in [0.25, 0.3) is 6.08 Å². The Hall–Kier alpha value is -3.15. The van der Waals surface area contributed by atoms with Gasteiger partial charge in [0.05, 0.1) is 4.92 Å². The summed E-state index contributed by atoms with van der Waals surface area (Å²) < 4.78 is 0. The fourth-order valence-electron chi connectivity index (χ4n) is 2.00. The minimum absolute atomic E-state index is 0.0510. The Balaban J connectivity index is 1.70. The lowest BCUT2D eigenvalue weighted by Gasteiger charge is -2.06. The predicted octanol–water partition coefficient (Wildman–Crippen LogP) is 3.14. The van der Waals surface area contributed by atoms with Crippen LogP contribution in [0.15, 0.2) is 54.6 Å². The Bertz CT molecular complexity index is 722. The number of hydrogen-bond acceptors (Lipinski definition) is 4. The summed E-state index contributed by atoms with van der Waals surface area (Å²) in [6.45, 7) is 2.99. The van der Waals surface area contributed by atoms with Crippen molar-refractivity contribution in [2.45, 2.75) is 6.92 Å². The van der Waals surface area contributed by atoms with Crippen LogP contribution in [-0.4, -0.2) is 23.9 Å². The average molecular weight is 325 g/mol. The number of nitro benzene ring substituents is 1. The van der Waals surface area contributed by atoms with Gasteiger partial charge in [0.1, 0.15) is 0 Å². The molecule has 0 heterocycles. The zero-order valence-corrected chi connectivity index (χ0v) is 13.4. The zero-order chi connectivity index (χ0) is 17.4. The maximum Gasteiger partial charge on any atom is 0.269 e. The monoisotopic (exact) mass is 325 g/mol. The van der Waals surface area contributed by atoms with E-state index in [1.54, 1.807) is 18.2 Å². The fraction of sp³-hybridized carbons (Fsp3) is 0.167. The van der Waals surface area contributed by atoms with Crippen LogP contribution in [0.3, 0.4) is 0 Å². The van der Waals surface area contributed by atoms with Crippen molar-refractivity contribution in [1.82, 2.24) is 5.32 Å². The molecular weight excluding hydrogens is 306 g/mol. The molecule has 0 saturated heterocycles. The number of anilines is 1. The second kappa shape index (κ2) is 8.47. The van der Waals surface area contributed by atoms with Crippen LogP contribution in [-0.2, 0) is 4.79 Å². The van der Waals surface area contributed by atoms with Crippen LogP contribution < -0.4 is 10.6 Å². The highest BCUT2D eigenvalue weighted by molar-refractivity contribution is 5.91. The topological polar surface area (TPSA) is 84.3 Å². The Morgan fingerprint density at radius 1 is 1.08 bits per heavy atom. The van der Waals surface area contributed by atoms with Gasteiger partial charge >= 0.3 is 0 Å². The molecule has 2 rings (SSSR count). The highest BCUT2D eigenvalue weighted by Crippen LogP contribution is 2.14. The van der Waals surface area contributed by atoms with Gasteiger partial charge in [0.15, 0.2) is 0 Å². The summed E-state index contributed by atoms with van der Waals surface area (Å²) >= 11 is 0. The van der Waals surface area contributed by atoms with Gasteiger partial charge in [-0.2, -0.15) is 0 Å². The van der Waals surface area contributed by atoms with Crippen LogP contribution in [0.2, 0.25) is 0 Å². The van der Waals surface area contributed by atoms with E-state index in [2.05, 4.69) is 10.6 Å². The van der Waals surface area contributed by atoms with Gasteiger partial charge in [-0.25, -0.2) is 0 Å². The largest absolute Gasteiger partial charge is 0.383 e. The number of non-ortho nitro benzene ring substituents is 1. The van der Waals surface area contributed by atoms with Gasteiger partial charge in [-0.3, -0.25) is 14.9 Å². The Labute approximate surface area is 140 Å². The molecule has 0 aliphatic rings. The first-order chi connectivity index (χ1) is 11.5. The summed E-state index contributed by atoms with van der Waals surface area (Å²) in [5.74, 6) is -0.166. The fourth-order valence-corrected chi connectivity index (χ4v) is 2.00. The van der Waals surface area contributed by atoms with Crippen molar-refractivity contribution in [3.05, 3.63) is 75.8 Å². The highest BCUT2D eigenvalue weighted by Gasteiger charge is 2.03. The van der Waals surface area contributed by atoms with Crippen molar-refractivity contribution >= 4 is 23.4 Å². The van der Waals surface area contributed by atoms with Gasteiger partial charge in [0, 0.05) is 37.0 Å². The van der Waals surface area contributed by atoms with Crippen LogP contribution in [0, 0.1) is 17.0 Å². The number of aryl methyl sites for hydroxylation is 1. The molecule has 6 heteroatoms. The molecule has 2 aromatic carbocycles. The molecule has 0 radical (unpaired) electrons. The van der Waals surface area contributed by atoms with Gasteiger partial charge in [-0.05, 0) is 30.7 Å². The van der Waals surface area contributed by atoms with Crippen molar-refractivity contribution in [2.24, 2.45) is 0 Å². The number of carbonyl (C=O) groups is 1. The maximum absolute atomic E-state index is 11.7. The van der Waals surface area contributed by atoms with E-state index in [1.165, 1.54) is 23.8 Å². The molecule has 2 N–H and O–H groups in total. The van der Waals surface area contributed by atoms with Gasteiger partial charge in [-0.15, -0.1) is 0 Å². The van der Waals surface area contributed by atoms with Crippen molar-refractivity contribution in [3.63, 3.8) is 0 Å². The molecule has 0 saturated carbocycles. The molecule has 0 spiro atoms. The SMILES string of the molecule is Cc1ccc(/C=C/C(=O)NCCNc2ccc([N+](=O)[O-])cc2)cc1. The molecule has 1 amide bonds. The molecular formula is C18H19N3O3. The number of benzene rings is 2. The summed E-state index contributed by atoms with van der Waals surface area (Å²) in [5, 5.41) is 16.4. The molecule has 0 aliphatic heterocycles. The molecule has 0 aliphatic carbocycles. The smallest absolute Gasteiger partial charge is 0.269 e. The number of nitrogens with zero attached hydrogens (tertiary/aromatic N) is 1. The second-order valence-electron chi connectivity index (χ2n) is 5.27. The number of rotatable bonds is 7. The van der Waals surface area contributed by atoms with Gasteiger partial charge in [-0.1, -0.05) is 29.8 Å². The highest BCUT2D eigenvalue weighted by atomic mass is 16.6. The third-order valence-electron chi connectivity index (χ3n) is 3.34. The summed E-state index contributed by atoms with van der Waals surface area (Å²) in [6, 6.07) is 14.0. The first kappa shape index (κ1) is 17.2. The standard InChI is InChI=1S/C18H19N3O3/c1-14-2-4-15(5-3-14)6-11-18(22)20-13-12-19-16-7-9-17(10-8-16)21(23)24/h2-11,19H,12-13H2,1H3,(H,20,22)/b11-6+. The Morgan fingerprint density at radius 3 is 2.38 bits per heavy atom. The lowest BCUT2D eigenvalue weighted by molar-refractivity contribution is -0.384. The molecule has 0 unspecified atom stereocenters. The number of nitro groups is 1.